The van der Waals surface area contributed by atoms with Crippen molar-refractivity contribution in [2.45, 2.75) is 70.1 Å². The molecule has 0 amide bonds. The topological polar surface area (TPSA) is 77.8 Å². The zero-order chi connectivity index (χ0) is 16.8. The highest BCUT2D eigenvalue weighted by atomic mass is 16.6. The van der Waals surface area contributed by atoms with Crippen LogP contribution < -0.4 is 0 Å². The molecule has 6 rings (SSSR count). The van der Waals surface area contributed by atoms with Gasteiger partial charge in [-0.1, -0.05) is 34.5 Å². The summed E-state index contributed by atoms with van der Waals surface area (Å²) in [6.45, 7) is 4.92. The smallest absolute Gasteiger partial charge is 0.114 e. The number of hydrogen-bond donors (Lipinski definition) is 0. The van der Waals surface area contributed by atoms with E-state index in [4.69, 9.17) is 9.26 Å². The SMILES string of the molecule is C[C@@]12CCc3nonc3C1CC[C@H]1C2CC[C@@]2(C)c3nonc3CC12. The molecule has 0 spiro atoms. The third-order valence-electron chi connectivity index (χ3n) is 8.59. The summed E-state index contributed by atoms with van der Waals surface area (Å²) < 4.78 is 10.1. The van der Waals surface area contributed by atoms with Crippen LogP contribution >= 0.6 is 0 Å². The van der Waals surface area contributed by atoms with Gasteiger partial charge in [-0.25, -0.2) is 9.26 Å². The first kappa shape index (κ1) is 14.4. The summed E-state index contributed by atoms with van der Waals surface area (Å²) >= 11 is 0. The molecule has 0 N–H and O–H groups in total. The average Bonchev–Trinajstić information content (AvgIpc) is 3.29. The number of aromatic nitrogens is 4. The van der Waals surface area contributed by atoms with Gasteiger partial charge in [-0.15, -0.1) is 0 Å². The zero-order valence-corrected chi connectivity index (χ0v) is 14.9. The molecule has 4 aliphatic carbocycles. The van der Waals surface area contributed by atoms with Crippen LogP contribution in [0.3, 0.4) is 0 Å². The lowest BCUT2D eigenvalue weighted by atomic mass is 9.45. The molecule has 3 unspecified atom stereocenters. The van der Waals surface area contributed by atoms with Gasteiger partial charge < -0.3 is 0 Å². The number of nitrogens with zero attached hydrogens (tertiary/aromatic N) is 4. The van der Waals surface area contributed by atoms with Crippen LogP contribution in [0.25, 0.3) is 0 Å². The zero-order valence-electron chi connectivity index (χ0n) is 14.9. The number of hydrogen-bond acceptors (Lipinski definition) is 6. The van der Waals surface area contributed by atoms with Gasteiger partial charge in [0, 0.05) is 11.3 Å². The Balaban J connectivity index is 1.39. The van der Waals surface area contributed by atoms with Gasteiger partial charge >= 0.3 is 0 Å². The normalized spacial score (nSPS) is 44.4. The number of aryl methyl sites for hydroxylation is 1. The van der Waals surface area contributed by atoms with Crippen LogP contribution in [-0.2, 0) is 18.3 Å². The summed E-state index contributed by atoms with van der Waals surface area (Å²) in [6, 6.07) is 0. The van der Waals surface area contributed by atoms with E-state index in [-0.39, 0.29) is 5.41 Å². The lowest BCUT2D eigenvalue weighted by Crippen LogP contribution is -2.53. The van der Waals surface area contributed by atoms with Crippen LogP contribution in [0.2, 0.25) is 0 Å². The van der Waals surface area contributed by atoms with Gasteiger partial charge in [0.15, 0.2) is 0 Å². The fraction of sp³-hybridized carbons (Fsp3) is 0.789. The van der Waals surface area contributed by atoms with Gasteiger partial charge in [-0.2, -0.15) is 0 Å². The van der Waals surface area contributed by atoms with Gasteiger partial charge in [0.05, 0.1) is 0 Å². The molecule has 6 atom stereocenters. The Hall–Kier alpha value is -1.72. The van der Waals surface area contributed by atoms with Gasteiger partial charge in [-0.3, -0.25) is 0 Å². The van der Waals surface area contributed by atoms with Crippen LogP contribution in [0, 0.1) is 23.2 Å². The highest BCUT2D eigenvalue weighted by Crippen LogP contribution is 2.66. The highest BCUT2D eigenvalue weighted by Gasteiger charge is 2.61. The van der Waals surface area contributed by atoms with Crippen LogP contribution in [-0.4, -0.2) is 20.6 Å². The molecule has 0 saturated heterocycles. The van der Waals surface area contributed by atoms with Crippen molar-refractivity contribution in [2.24, 2.45) is 23.2 Å². The fourth-order valence-corrected chi connectivity index (χ4v) is 7.28. The van der Waals surface area contributed by atoms with Crippen LogP contribution in [0.15, 0.2) is 9.26 Å². The van der Waals surface area contributed by atoms with Crippen molar-refractivity contribution in [1.29, 1.82) is 0 Å². The molecule has 4 aliphatic rings. The van der Waals surface area contributed by atoms with Crippen LogP contribution in [0.1, 0.15) is 74.6 Å². The van der Waals surface area contributed by atoms with Crippen molar-refractivity contribution >= 4 is 0 Å². The first-order valence-electron chi connectivity index (χ1n) is 9.74. The monoisotopic (exact) mass is 340 g/mol. The van der Waals surface area contributed by atoms with Crippen LogP contribution in [0.4, 0.5) is 0 Å². The van der Waals surface area contributed by atoms with Crippen molar-refractivity contribution < 1.29 is 9.26 Å². The van der Waals surface area contributed by atoms with Gasteiger partial charge in [0.25, 0.3) is 0 Å². The van der Waals surface area contributed by atoms with E-state index in [9.17, 15) is 0 Å². The first-order valence-corrected chi connectivity index (χ1v) is 9.74. The Labute approximate surface area is 146 Å². The Bertz CT molecular complexity index is 844. The summed E-state index contributed by atoms with van der Waals surface area (Å²) in [4.78, 5) is 0. The molecule has 132 valence electrons. The lowest BCUT2D eigenvalue weighted by molar-refractivity contribution is -0.0605. The fourth-order valence-electron chi connectivity index (χ4n) is 7.28. The molecular formula is C19H24N4O2. The Morgan fingerprint density at radius 1 is 0.880 bits per heavy atom. The summed E-state index contributed by atoms with van der Waals surface area (Å²) in [5.74, 6) is 2.71. The van der Waals surface area contributed by atoms with E-state index in [2.05, 4.69) is 34.5 Å². The van der Waals surface area contributed by atoms with Gasteiger partial charge in [0.2, 0.25) is 0 Å². The quantitative estimate of drug-likeness (QED) is 0.731. The van der Waals surface area contributed by atoms with Crippen LogP contribution in [0.5, 0.6) is 0 Å². The molecule has 0 aliphatic heterocycles. The second kappa shape index (κ2) is 4.51. The van der Waals surface area contributed by atoms with E-state index >= 15 is 0 Å². The Kier molecular flexibility index (Phi) is 2.61. The van der Waals surface area contributed by atoms with Gasteiger partial charge in [-0.05, 0) is 68.1 Å². The van der Waals surface area contributed by atoms with Crippen molar-refractivity contribution in [3.8, 4) is 0 Å². The van der Waals surface area contributed by atoms with E-state index < -0.39 is 0 Å². The molecule has 2 aromatic rings. The molecule has 0 radical (unpaired) electrons. The first-order chi connectivity index (χ1) is 12.1. The standard InChI is InChI=1S/C19H24N4O2/c1-18-8-6-14-16(22-24-20-14)12(18)4-3-10-11(18)5-7-19(2)13(10)9-15-17(19)23-25-21-15/h10-13H,3-9H2,1-2H3/t10-,11?,12?,13?,18-,19+/m0/s1. The third kappa shape index (κ3) is 1.62. The molecule has 2 aromatic heterocycles. The summed E-state index contributed by atoms with van der Waals surface area (Å²) in [5, 5.41) is 17.0. The number of fused-ring (bicyclic) bond motifs is 9. The third-order valence-corrected chi connectivity index (χ3v) is 8.59. The molecule has 6 nitrogen and oxygen atoms in total. The molecule has 0 bridgehead atoms. The maximum absolute atomic E-state index is 5.09. The van der Waals surface area contributed by atoms with E-state index in [1.165, 1.54) is 32.1 Å². The predicted octanol–water partition coefficient (Wildman–Crippen LogP) is 3.44. The molecule has 6 heteroatoms. The largest absolute Gasteiger partial charge is 0.244 e. The minimum absolute atomic E-state index is 0.162. The van der Waals surface area contributed by atoms with Crippen molar-refractivity contribution in [3.63, 3.8) is 0 Å². The molecular weight excluding hydrogens is 316 g/mol. The Morgan fingerprint density at radius 3 is 2.64 bits per heavy atom. The summed E-state index contributed by atoms with van der Waals surface area (Å²) in [7, 11) is 0. The molecule has 2 saturated carbocycles. The second-order valence-corrected chi connectivity index (χ2v) is 9.33. The van der Waals surface area contributed by atoms with E-state index in [0.717, 1.165) is 47.5 Å². The van der Waals surface area contributed by atoms with Gasteiger partial charge in [0.1, 0.15) is 22.8 Å². The van der Waals surface area contributed by atoms with E-state index in [1.54, 1.807) is 0 Å². The minimum Gasteiger partial charge on any atom is -0.244 e. The Morgan fingerprint density at radius 2 is 1.72 bits per heavy atom. The molecule has 2 heterocycles. The highest BCUT2D eigenvalue weighted by molar-refractivity contribution is 5.32. The van der Waals surface area contributed by atoms with Crippen molar-refractivity contribution in [1.82, 2.24) is 20.6 Å². The van der Waals surface area contributed by atoms with Crippen molar-refractivity contribution in [3.05, 3.63) is 22.8 Å². The maximum atomic E-state index is 5.09. The predicted molar refractivity (Wildman–Crippen MR) is 87.8 cm³/mol. The maximum Gasteiger partial charge on any atom is 0.114 e. The average molecular weight is 340 g/mol. The minimum atomic E-state index is 0.162. The summed E-state index contributed by atoms with van der Waals surface area (Å²) in [5.41, 5.74) is 5.02. The number of rotatable bonds is 0. The molecule has 0 aromatic carbocycles. The van der Waals surface area contributed by atoms with Crippen molar-refractivity contribution in [2.75, 3.05) is 0 Å². The molecule has 25 heavy (non-hydrogen) atoms. The van der Waals surface area contributed by atoms with E-state index in [1.807, 2.05) is 0 Å². The lowest BCUT2D eigenvalue weighted by Gasteiger charge is -2.58. The van der Waals surface area contributed by atoms with E-state index in [0.29, 0.717) is 17.3 Å². The second-order valence-electron chi connectivity index (χ2n) is 9.33. The molecule has 2 fully saturated rings. The summed E-state index contributed by atoms with van der Waals surface area (Å²) in [6.07, 6.45) is 8.25.